The molecule has 7 heteroatoms. The van der Waals surface area contributed by atoms with Gasteiger partial charge in [0.2, 0.25) is 0 Å². The number of likely N-dealkylation sites (N-methyl/N-ethyl adjacent to an activating group) is 1. The first-order valence-electron chi connectivity index (χ1n) is 8.35. The van der Waals surface area contributed by atoms with Crippen LogP contribution in [-0.4, -0.2) is 68.4 Å². The maximum atomic E-state index is 11.5. The predicted octanol–water partition coefficient (Wildman–Crippen LogP) is 1.41. The first kappa shape index (κ1) is 21.5. The maximum Gasteiger partial charge on any atom is 0.407 e. The highest BCUT2D eigenvalue weighted by molar-refractivity contribution is 5.79. The van der Waals surface area contributed by atoms with E-state index in [2.05, 4.69) is 46.6 Å². The third-order valence-corrected chi connectivity index (χ3v) is 3.14. The molecule has 0 aromatic carbocycles. The van der Waals surface area contributed by atoms with Crippen molar-refractivity contribution in [2.45, 2.75) is 53.2 Å². The molecule has 1 amide bonds. The van der Waals surface area contributed by atoms with E-state index in [0.717, 1.165) is 25.6 Å². The van der Waals surface area contributed by atoms with E-state index in [-0.39, 0.29) is 0 Å². The topological polar surface area (TPSA) is 78.0 Å². The summed E-state index contributed by atoms with van der Waals surface area (Å²) >= 11 is 0. The van der Waals surface area contributed by atoms with Crippen molar-refractivity contribution in [1.82, 2.24) is 20.9 Å². The summed E-state index contributed by atoms with van der Waals surface area (Å²) in [6.45, 7) is 16.0. The lowest BCUT2D eigenvalue weighted by atomic mass is 10.2. The van der Waals surface area contributed by atoms with Crippen LogP contribution in [0, 0.1) is 0 Å². The zero-order valence-corrected chi connectivity index (χ0v) is 15.8. The van der Waals surface area contributed by atoms with Crippen LogP contribution < -0.4 is 16.0 Å². The highest BCUT2D eigenvalue weighted by atomic mass is 16.6. The normalized spacial score (nSPS) is 12.5. The monoisotopic (exact) mass is 329 g/mol. The second-order valence-corrected chi connectivity index (χ2v) is 6.58. The molecule has 136 valence electrons. The Balaban J connectivity index is 3.89. The summed E-state index contributed by atoms with van der Waals surface area (Å²) in [7, 11) is 1.73. The van der Waals surface area contributed by atoms with Gasteiger partial charge in [0.05, 0.1) is 0 Å². The second-order valence-electron chi connectivity index (χ2n) is 6.58. The van der Waals surface area contributed by atoms with Crippen LogP contribution in [0.1, 0.15) is 41.5 Å². The van der Waals surface area contributed by atoms with Crippen molar-refractivity contribution in [3.63, 3.8) is 0 Å². The molecule has 0 heterocycles. The zero-order chi connectivity index (χ0) is 17.9. The van der Waals surface area contributed by atoms with Crippen LogP contribution in [0.4, 0.5) is 4.79 Å². The molecule has 23 heavy (non-hydrogen) atoms. The van der Waals surface area contributed by atoms with Gasteiger partial charge in [-0.15, -0.1) is 0 Å². The van der Waals surface area contributed by atoms with Gasteiger partial charge >= 0.3 is 6.09 Å². The van der Waals surface area contributed by atoms with Crippen LogP contribution in [-0.2, 0) is 4.74 Å². The molecule has 0 unspecified atom stereocenters. The van der Waals surface area contributed by atoms with Gasteiger partial charge in [0, 0.05) is 39.3 Å². The Morgan fingerprint density at radius 1 is 1.13 bits per heavy atom. The van der Waals surface area contributed by atoms with Crippen LogP contribution in [0.3, 0.4) is 0 Å². The number of ether oxygens (including phenoxy) is 1. The van der Waals surface area contributed by atoms with Crippen LogP contribution in [0.2, 0.25) is 0 Å². The smallest absolute Gasteiger partial charge is 0.407 e. The summed E-state index contributed by atoms with van der Waals surface area (Å²) in [5.41, 5.74) is -0.476. The molecule has 0 atom stereocenters. The summed E-state index contributed by atoms with van der Waals surface area (Å²) < 4.78 is 5.17. The summed E-state index contributed by atoms with van der Waals surface area (Å²) in [6, 6.07) is 0.537. The number of guanidine groups is 1. The molecule has 7 nitrogen and oxygen atoms in total. The van der Waals surface area contributed by atoms with E-state index in [4.69, 9.17) is 4.74 Å². The molecule has 0 bridgehead atoms. The molecule has 0 aromatic rings. The second kappa shape index (κ2) is 11.1. The molecule has 0 saturated carbocycles. The minimum absolute atomic E-state index is 0.405. The van der Waals surface area contributed by atoms with Crippen LogP contribution in [0.5, 0.6) is 0 Å². The van der Waals surface area contributed by atoms with E-state index in [0.29, 0.717) is 19.1 Å². The van der Waals surface area contributed by atoms with Gasteiger partial charge in [-0.3, -0.25) is 9.89 Å². The first-order chi connectivity index (χ1) is 10.7. The van der Waals surface area contributed by atoms with E-state index in [9.17, 15) is 4.79 Å². The number of carbonyl (C=O) groups excluding carboxylic acids is 1. The van der Waals surface area contributed by atoms with E-state index < -0.39 is 11.7 Å². The SMILES string of the molecule is CCN(CCNC(=NC)NCCNC(=O)OC(C)(C)C)C(C)C. The fraction of sp³-hybridized carbons (Fsp3) is 0.875. The quantitative estimate of drug-likeness (QED) is 0.356. The zero-order valence-electron chi connectivity index (χ0n) is 15.8. The highest BCUT2D eigenvalue weighted by Gasteiger charge is 2.15. The fourth-order valence-electron chi connectivity index (χ4n) is 1.98. The molecule has 0 aromatic heterocycles. The summed E-state index contributed by atoms with van der Waals surface area (Å²) in [5.74, 6) is 0.732. The van der Waals surface area contributed by atoms with Gasteiger partial charge < -0.3 is 20.7 Å². The molecule has 0 spiro atoms. The Kier molecular flexibility index (Phi) is 10.4. The average Bonchev–Trinajstić information content (AvgIpc) is 2.43. The van der Waals surface area contributed by atoms with Crippen LogP contribution in [0.25, 0.3) is 0 Å². The van der Waals surface area contributed by atoms with Crippen molar-refractivity contribution in [1.29, 1.82) is 0 Å². The average molecular weight is 329 g/mol. The lowest BCUT2D eigenvalue weighted by Gasteiger charge is -2.25. The van der Waals surface area contributed by atoms with Crippen LogP contribution >= 0.6 is 0 Å². The third-order valence-electron chi connectivity index (χ3n) is 3.14. The highest BCUT2D eigenvalue weighted by Crippen LogP contribution is 2.05. The Morgan fingerprint density at radius 2 is 1.70 bits per heavy atom. The van der Waals surface area contributed by atoms with Gasteiger partial charge in [-0.25, -0.2) is 4.79 Å². The van der Waals surface area contributed by atoms with E-state index in [1.807, 2.05) is 20.8 Å². The van der Waals surface area contributed by atoms with Crippen molar-refractivity contribution in [2.75, 3.05) is 39.8 Å². The van der Waals surface area contributed by atoms with Crippen molar-refractivity contribution in [3.05, 3.63) is 0 Å². The molecule has 0 aliphatic rings. The number of alkyl carbamates (subject to hydrolysis) is 1. The van der Waals surface area contributed by atoms with Gasteiger partial charge in [-0.2, -0.15) is 0 Å². The Hall–Kier alpha value is -1.50. The Morgan fingerprint density at radius 3 is 2.17 bits per heavy atom. The van der Waals surface area contributed by atoms with Crippen molar-refractivity contribution < 1.29 is 9.53 Å². The summed E-state index contributed by atoms with van der Waals surface area (Å²) in [4.78, 5) is 18.0. The number of nitrogens with one attached hydrogen (secondary N) is 3. The lowest BCUT2D eigenvalue weighted by molar-refractivity contribution is 0.0529. The number of carbonyl (C=O) groups is 1. The molecular formula is C16H35N5O2. The van der Waals surface area contributed by atoms with Gasteiger partial charge in [0.1, 0.15) is 5.60 Å². The molecule has 3 N–H and O–H groups in total. The number of aliphatic imine (C=N–C) groups is 1. The molecular weight excluding hydrogens is 294 g/mol. The predicted molar refractivity (Wildman–Crippen MR) is 96.0 cm³/mol. The van der Waals surface area contributed by atoms with Gasteiger partial charge in [0.25, 0.3) is 0 Å². The number of rotatable bonds is 8. The Bertz CT molecular complexity index is 364. The molecule has 0 fully saturated rings. The summed E-state index contributed by atoms with van der Waals surface area (Å²) in [5, 5.41) is 9.13. The molecule has 0 radical (unpaired) electrons. The van der Waals surface area contributed by atoms with Crippen molar-refractivity contribution in [2.24, 2.45) is 4.99 Å². The van der Waals surface area contributed by atoms with Crippen molar-refractivity contribution in [3.8, 4) is 0 Å². The van der Waals surface area contributed by atoms with E-state index in [1.165, 1.54) is 0 Å². The number of amides is 1. The maximum absolute atomic E-state index is 11.5. The largest absolute Gasteiger partial charge is 0.444 e. The molecule has 0 rings (SSSR count). The number of nitrogens with zero attached hydrogens (tertiary/aromatic N) is 2. The summed E-state index contributed by atoms with van der Waals surface area (Å²) in [6.07, 6.45) is -0.405. The lowest BCUT2D eigenvalue weighted by Crippen LogP contribution is -2.45. The first-order valence-corrected chi connectivity index (χ1v) is 8.35. The van der Waals surface area contributed by atoms with Crippen LogP contribution in [0.15, 0.2) is 4.99 Å². The molecule has 0 aliphatic heterocycles. The minimum Gasteiger partial charge on any atom is -0.444 e. The fourth-order valence-corrected chi connectivity index (χ4v) is 1.98. The van der Waals surface area contributed by atoms with Gasteiger partial charge in [-0.05, 0) is 41.2 Å². The van der Waals surface area contributed by atoms with Crippen molar-refractivity contribution >= 4 is 12.1 Å². The molecule has 0 aliphatic carbocycles. The standard InChI is InChI=1S/C16H35N5O2/c1-8-21(13(2)3)12-11-19-14(17-7)18-9-10-20-15(22)23-16(4,5)6/h13H,8-12H2,1-7H3,(H,20,22)(H2,17,18,19). The minimum atomic E-state index is -0.476. The third kappa shape index (κ3) is 11.7. The number of hydrogen-bond donors (Lipinski definition) is 3. The number of hydrogen-bond acceptors (Lipinski definition) is 4. The Labute approximate surface area is 141 Å². The van der Waals surface area contributed by atoms with E-state index >= 15 is 0 Å². The van der Waals surface area contributed by atoms with Gasteiger partial charge in [-0.1, -0.05) is 6.92 Å². The van der Waals surface area contributed by atoms with Gasteiger partial charge in [0.15, 0.2) is 5.96 Å². The molecule has 0 saturated heterocycles. The van der Waals surface area contributed by atoms with E-state index in [1.54, 1.807) is 7.05 Å².